The molecule has 4 nitrogen and oxygen atoms in total. The van der Waals surface area contributed by atoms with Gasteiger partial charge in [0, 0.05) is 37.6 Å². The van der Waals surface area contributed by atoms with Gasteiger partial charge in [0.15, 0.2) is 0 Å². The monoisotopic (exact) mass is 262 g/mol. The average Bonchev–Trinajstić information content (AvgIpc) is 2.84. The highest BCUT2D eigenvalue weighted by molar-refractivity contribution is 5.04. The summed E-state index contributed by atoms with van der Waals surface area (Å²) in [5, 5.41) is 0. The predicted octanol–water partition coefficient (Wildman–Crippen LogP) is 2.00. The van der Waals surface area contributed by atoms with Crippen LogP contribution in [0.1, 0.15) is 45.4 Å². The molecular weight excluding hydrogens is 236 g/mol. The Hall–Kier alpha value is -0.870. The van der Waals surface area contributed by atoms with E-state index in [4.69, 9.17) is 5.73 Å². The minimum absolute atomic E-state index is 0.193. The first-order valence-electron chi connectivity index (χ1n) is 7.50. The molecule has 1 saturated carbocycles. The third kappa shape index (κ3) is 2.32. The first-order chi connectivity index (χ1) is 9.05. The molecule has 0 bridgehead atoms. The van der Waals surface area contributed by atoms with Crippen LogP contribution in [0.25, 0.3) is 0 Å². The van der Waals surface area contributed by atoms with Crippen molar-refractivity contribution in [2.24, 2.45) is 11.1 Å². The Balaban J connectivity index is 1.83. The lowest BCUT2D eigenvalue weighted by molar-refractivity contribution is -0.00799. The van der Waals surface area contributed by atoms with E-state index >= 15 is 0 Å². The molecule has 0 aromatic carbocycles. The summed E-state index contributed by atoms with van der Waals surface area (Å²) in [6.45, 7) is 8.68. The van der Waals surface area contributed by atoms with Crippen LogP contribution in [0, 0.1) is 5.41 Å². The third-order valence-electron chi connectivity index (χ3n) is 5.10. The van der Waals surface area contributed by atoms with Crippen LogP contribution in [-0.2, 0) is 13.1 Å². The molecule has 0 saturated heterocycles. The number of nitrogens with zero attached hydrogens (tertiary/aromatic N) is 3. The molecule has 1 aliphatic carbocycles. The van der Waals surface area contributed by atoms with E-state index < -0.39 is 0 Å². The van der Waals surface area contributed by atoms with Crippen LogP contribution in [0.2, 0.25) is 0 Å². The van der Waals surface area contributed by atoms with Gasteiger partial charge in [-0.15, -0.1) is 0 Å². The van der Waals surface area contributed by atoms with Crippen LogP contribution in [0.15, 0.2) is 12.4 Å². The van der Waals surface area contributed by atoms with Gasteiger partial charge in [-0.25, -0.2) is 4.98 Å². The molecule has 1 fully saturated rings. The van der Waals surface area contributed by atoms with Crippen molar-refractivity contribution in [2.45, 2.75) is 58.2 Å². The number of fused-ring (bicyclic) bond motifs is 1. The molecule has 0 amide bonds. The summed E-state index contributed by atoms with van der Waals surface area (Å²) in [4.78, 5) is 7.09. The van der Waals surface area contributed by atoms with Gasteiger partial charge >= 0.3 is 0 Å². The average molecular weight is 262 g/mol. The first-order valence-corrected chi connectivity index (χ1v) is 7.50. The van der Waals surface area contributed by atoms with Crippen molar-refractivity contribution < 1.29 is 0 Å². The highest BCUT2D eigenvalue weighted by atomic mass is 15.3. The first kappa shape index (κ1) is 13.1. The predicted molar refractivity (Wildman–Crippen MR) is 76.7 cm³/mol. The zero-order valence-electron chi connectivity index (χ0n) is 12.2. The maximum absolute atomic E-state index is 6.22. The SMILES string of the molecule is CC1(C)CCCC(CN)(N2CCn3ccnc3C2)C1. The van der Waals surface area contributed by atoms with Gasteiger partial charge in [0.25, 0.3) is 0 Å². The summed E-state index contributed by atoms with van der Waals surface area (Å²) in [6.07, 6.45) is 9.10. The van der Waals surface area contributed by atoms with Gasteiger partial charge in [0.1, 0.15) is 5.82 Å². The number of aromatic nitrogens is 2. The normalized spacial score (nSPS) is 31.1. The Morgan fingerprint density at radius 3 is 2.89 bits per heavy atom. The summed E-state index contributed by atoms with van der Waals surface area (Å²) in [5.74, 6) is 1.20. The molecule has 1 aromatic rings. The highest BCUT2D eigenvalue weighted by Crippen LogP contribution is 2.44. The Morgan fingerprint density at radius 2 is 2.16 bits per heavy atom. The number of imidazole rings is 1. The summed E-state index contributed by atoms with van der Waals surface area (Å²) < 4.78 is 2.27. The molecule has 1 aromatic heterocycles. The van der Waals surface area contributed by atoms with Crippen molar-refractivity contribution in [3.63, 3.8) is 0 Å². The smallest absolute Gasteiger partial charge is 0.122 e. The quantitative estimate of drug-likeness (QED) is 0.886. The molecule has 0 radical (unpaired) electrons. The van der Waals surface area contributed by atoms with Crippen LogP contribution < -0.4 is 5.73 Å². The standard InChI is InChI=1S/C15H26N4/c1-14(2)4-3-5-15(11-14,12-16)19-9-8-18-7-6-17-13(18)10-19/h6-7H,3-5,8-12,16H2,1-2H3. The number of hydrogen-bond acceptors (Lipinski definition) is 3. The maximum atomic E-state index is 6.22. The summed E-state index contributed by atoms with van der Waals surface area (Å²) >= 11 is 0. The number of hydrogen-bond donors (Lipinski definition) is 1. The lowest BCUT2D eigenvalue weighted by atomic mass is 9.67. The van der Waals surface area contributed by atoms with Gasteiger partial charge in [0.2, 0.25) is 0 Å². The fraction of sp³-hybridized carbons (Fsp3) is 0.800. The lowest BCUT2D eigenvalue weighted by Gasteiger charge is -2.52. The molecular formula is C15H26N4. The van der Waals surface area contributed by atoms with E-state index in [2.05, 4.69) is 34.5 Å². The van der Waals surface area contributed by atoms with E-state index in [-0.39, 0.29) is 5.54 Å². The van der Waals surface area contributed by atoms with Crippen molar-refractivity contribution in [3.05, 3.63) is 18.2 Å². The van der Waals surface area contributed by atoms with E-state index in [0.29, 0.717) is 5.41 Å². The number of rotatable bonds is 2. The maximum Gasteiger partial charge on any atom is 0.122 e. The Kier molecular flexibility index (Phi) is 3.18. The zero-order valence-corrected chi connectivity index (χ0v) is 12.2. The molecule has 3 rings (SSSR count). The molecule has 2 N–H and O–H groups in total. The van der Waals surface area contributed by atoms with Crippen molar-refractivity contribution in [1.82, 2.24) is 14.5 Å². The minimum atomic E-state index is 0.193. The Bertz CT molecular complexity index is 451. The molecule has 19 heavy (non-hydrogen) atoms. The molecule has 4 heteroatoms. The molecule has 2 heterocycles. The molecule has 1 atom stereocenters. The highest BCUT2D eigenvalue weighted by Gasteiger charge is 2.44. The Morgan fingerprint density at radius 1 is 1.32 bits per heavy atom. The van der Waals surface area contributed by atoms with Crippen molar-refractivity contribution in [1.29, 1.82) is 0 Å². The van der Waals surface area contributed by atoms with Crippen LogP contribution in [-0.4, -0.2) is 33.1 Å². The second-order valence-electron chi connectivity index (χ2n) is 7.08. The molecule has 1 aliphatic heterocycles. The summed E-state index contributed by atoms with van der Waals surface area (Å²) in [5.41, 5.74) is 6.83. The van der Waals surface area contributed by atoms with E-state index in [1.54, 1.807) is 0 Å². The fourth-order valence-corrected chi connectivity index (χ4v) is 4.12. The van der Waals surface area contributed by atoms with Crippen molar-refractivity contribution in [2.75, 3.05) is 13.1 Å². The second-order valence-corrected chi connectivity index (χ2v) is 7.08. The molecule has 106 valence electrons. The van der Waals surface area contributed by atoms with E-state index in [9.17, 15) is 0 Å². The largest absolute Gasteiger partial charge is 0.333 e. The van der Waals surface area contributed by atoms with Crippen LogP contribution >= 0.6 is 0 Å². The third-order valence-corrected chi connectivity index (χ3v) is 5.10. The topological polar surface area (TPSA) is 47.1 Å². The molecule has 1 unspecified atom stereocenters. The fourth-order valence-electron chi connectivity index (χ4n) is 4.12. The van der Waals surface area contributed by atoms with Crippen molar-refractivity contribution in [3.8, 4) is 0 Å². The van der Waals surface area contributed by atoms with Gasteiger partial charge in [-0.05, 0) is 24.7 Å². The number of nitrogens with two attached hydrogens (primary N) is 1. The van der Waals surface area contributed by atoms with E-state index in [0.717, 1.165) is 26.2 Å². The van der Waals surface area contributed by atoms with Gasteiger partial charge in [-0.3, -0.25) is 4.90 Å². The van der Waals surface area contributed by atoms with Gasteiger partial charge in [0.05, 0.1) is 6.54 Å². The molecule has 0 spiro atoms. The minimum Gasteiger partial charge on any atom is -0.333 e. The van der Waals surface area contributed by atoms with Crippen LogP contribution in [0.4, 0.5) is 0 Å². The van der Waals surface area contributed by atoms with E-state index in [1.807, 2.05) is 6.20 Å². The second kappa shape index (κ2) is 4.60. The van der Waals surface area contributed by atoms with Gasteiger partial charge < -0.3 is 10.3 Å². The van der Waals surface area contributed by atoms with Crippen LogP contribution in [0.5, 0.6) is 0 Å². The molecule has 2 aliphatic rings. The van der Waals surface area contributed by atoms with Gasteiger partial charge in [-0.1, -0.05) is 20.3 Å². The van der Waals surface area contributed by atoms with E-state index in [1.165, 1.54) is 31.5 Å². The summed E-state index contributed by atoms with van der Waals surface area (Å²) in [6, 6.07) is 0. The summed E-state index contributed by atoms with van der Waals surface area (Å²) in [7, 11) is 0. The Labute approximate surface area is 116 Å². The lowest BCUT2D eigenvalue weighted by Crippen LogP contribution is -2.59. The van der Waals surface area contributed by atoms with Gasteiger partial charge in [-0.2, -0.15) is 0 Å². The zero-order chi connectivity index (χ0) is 13.5. The van der Waals surface area contributed by atoms with Crippen molar-refractivity contribution >= 4 is 0 Å². The van der Waals surface area contributed by atoms with Crippen LogP contribution in [0.3, 0.4) is 0 Å².